The molecule has 0 amide bonds. The van der Waals surface area contributed by atoms with Crippen LogP contribution in [0.2, 0.25) is 0 Å². The number of hydrogen-bond acceptors (Lipinski definition) is 0. The van der Waals surface area contributed by atoms with E-state index in [-0.39, 0.29) is 18.6 Å². The summed E-state index contributed by atoms with van der Waals surface area (Å²) in [6, 6.07) is 0. The van der Waals surface area contributed by atoms with Crippen LogP contribution in [0.15, 0.2) is 0 Å². The van der Waals surface area contributed by atoms with Crippen molar-refractivity contribution in [2.24, 2.45) is 5.92 Å². The average molecular weight is 164 g/mol. The maximum atomic E-state index is 3.25. The molecule has 0 nitrogen and oxygen atoms in total. The summed E-state index contributed by atoms with van der Waals surface area (Å²) in [6.45, 7) is 7.34. The second-order valence-corrected chi connectivity index (χ2v) is 2.39. The van der Waals surface area contributed by atoms with Crippen molar-refractivity contribution >= 4 is 0 Å². The van der Waals surface area contributed by atoms with Crippen molar-refractivity contribution in [1.29, 1.82) is 0 Å². The third-order valence-electron chi connectivity index (χ3n) is 1.64. The van der Waals surface area contributed by atoms with Crippen molar-refractivity contribution in [2.75, 3.05) is 0 Å². The van der Waals surface area contributed by atoms with E-state index in [1.807, 2.05) is 0 Å². The van der Waals surface area contributed by atoms with Crippen LogP contribution >= 0.6 is 0 Å². The Morgan fingerprint density at radius 1 is 1.11 bits per heavy atom. The van der Waals surface area contributed by atoms with Crippen molar-refractivity contribution in [3.05, 3.63) is 6.92 Å². The van der Waals surface area contributed by atoms with Crippen LogP contribution in [-0.4, -0.2) is 0 Å². The van der Waals surface area contributed by atoms with Gasteiger partial charge in [-0.25, -0.2) is 0 Å². The molecule has 0 atom stereocenters. The molecule has 1 saturated carbocycles. The Labute approximate surface area is 71.3 Å². The topological polar surface area (TPSA) is 0 Å². The van der Waals surface area contributed by atoms with Gasteiger partial charge in [0.1, 0.15) is 0 Å². The third kappa shape index (κ3) is 6.47. The van der Waals surface area contributed by atoms with Gasteiger partial charge in [0.05, 0.1) is 0 Å². The van der Waals surface area contributed by atoms with Gasteiger partial charge >= 0.3 is 0 Å². The third-order valence-corrected chi connectivity index (χ3v) is 1.64. The normalized spacial score (nSPS) is 17.7. The molecule has 9 heavy (non-hydrogen) atoms. The fraction of sp³-hybridized carbons (Fsp3) is 0.875. The molecule has 0 aromatic carbocycles. The first-order valence-electron chi connectivity index (χ1n) is 3.60. The van der Waals surface area contributed by atoms with Crippen LogP contribution in [0.25, 0.3) is 0 Å². The Kier molecular flexibility index (Phi) is 11.7. The standard InChI is InChI=1S/C6H12.C2H5.V/c1-6-4-2-3-5-6;1-2;/h6H,2-5H2,1H3;1H2,2H3;/q;-1;. The largest absolute Gasteiger partial charge is 0.346 e. The Balaban J connectivity index is 0. The first-order valence-corrected chi connectivity index (χ1v) is 3.60. The molecular weight excluding hydrogens is 147 g/mol. The predicted octanol–water partition coefficient (Wildman–Crippen LogP) is 3.03. The van der Waals surface area contributed by atoms with Gasteiger partial charge in [0.25, 0.3) is 0 Å². The minimum atomic E-state index is 0. The Hall–Kier alpha value is 0.584. The van der Waals surface area contributed by atoms with Crippen LogP contribution in [-0.2, 0) is 18.6 Å². The molecule has 1 fully saturated rings. The molecule has 1 aliphatic carbocycles. The summed E-state index contributed by atoms with van der Waals surface area (Å²) in [4.78, 5) is 0. The maximum Gasteiger partial charge on any atom is 0 e. The summed E-state index contributed by atoms with van der Waals surface area (Å²) in [6.07, 6.45) is 5.95. The van der Waals surface area contributed by atoms with Crippen LogP contribution in [0, 0.1) is 12.8 Å². The van der Waals surface area contributed by atoms with E-state index in [2.05, 4.69) is 13.8 Å². The van der Waals surface area contributed by atoms with Gasteiger partial charge in [-0.05, 0) is 5.92 Å². The molecule has 1 heteroatoms. The first-order chi connectivity index (χ1) is 3.89. The van der Waals surface area contributed by atoms with Gasteiger partial charge in [0, 0.05) is 18.6 Å². The summed E-state index contributed by atoms with van der Waals surface area (Å²) < 4.78 is 0. The second-order valence-electron chi connectivity index (χ2n) is 2.39. The van der Waals surface area contributed by atoms with E-state index in [4.69, 9.17) is 0 Å². The second kappa shape index (κ2) is 8.58. The number of rotatable bonds is 0. The Bertz CT molecular complexity index is 37.8. The Morgan fingerprint density at radius 3 is 1.56 bits per heavy atom. The van der Waals surface area contributed by atoms with Crippen LogP contribution in [0.1, 0.15) is 39.5 Å². The van der Waals surface area contributed by atoms with Gasteiger partial charge < -0.3 is 6.92 Å². The summed E-state index contributed by atoms with van der Waals surface area (Å²) in [5, 5.41) is 0. The average Bonchev–Trinajstić information content (AvgIpc) is 2.24. The molecule has 0 aliphatic heterocycles. The number of hydrogen-bond donors (Lipinski definition) is 0. The van der Waals surface area contributed by atoms with Gasteiger partial charge in [-0.15, -0.1) is 0 Å². The van der Waals surface area contributed by atoms with Crippen molar-refractivity contribution in [1.82, 2.24) is 0 Å². The SMILES string of the molecule is CC1CCCC1.[CH2-]C.[V]. The predicted molar refractivity (Wildman–Crippen MR) is 38.7 cm³/mol. The minimum Gasteiger partial charge on any atom is -0.346 e. The summed E-state index contributed by atoms with van der Waals surface area (Å²) in [7, 11) is 0. The zero-order valence-electron chi connectivity index (χ0n) is 6.56. The summed E-state index contributed by atoms with van der Waals surface area (Å²) in [5.74, 6) is 1.05. The van der Waals surface area contributed by atoms with E-state index < -0.39 is 0 Å². The molecule has 1 rings (SSSR count). The molecule has 0 aromatic heterocycles. The fourth-order valence-corrected chi connectivity index (χ4v) is 1.13. The Morgan fingerprint density at radius 2 is 1.44 bits per heavy atom. The molecule has 0 spiro atoms. The minimum absolute atomic E-state index is 0. The van der Waals surface area contributed by atoms with E-state index >= 15 is 0 Å². The molecule has 0 aromatic rings. The molecule has 0 saturated heterocycles. The molecule has 1 aliphatic rings. The molecule has 1 radical (unpaired) electrons. The van der Waals surface area contributed by atoms with E-state index in [9.17, 15) is 0 Å². The molecule has 0 bridgehead atoms. The van der Waals surface area contributed by atoms with Crippen LogP contribution in [0.5, 0.6) is 0 Å². The maximum absolute atomic E-state index is 3.25. The monoisotopic (exact) mass is 164 g/mol. The molecule has 0 heterocycles. The van der Waals surface area contributed by atoms with Gasteiger partial charge in [-0.3, -0.25) is 0 Å². The van der Waals surface area contributed by atoms with Crippen LogP contribution in [0.4, 0.5) is 0 Å². The fourth-order valence-electron chi connectivity index (χ4n) is 1.13. The first kappa shape index (κ1) is 12.3. The molecular formula is C8H17V-. The zero-order chi connectivity index (χ0) is 6.41. The van der Waals surface area contributed by atoms with Crippen molar-refractivity contribution in [3.8, 4) is 0 Å². The van der Waals surface area contributed by atoms with E-state index in [1.54, 1.807) is 6.92 Å². The molecule has 55 valence electrons. The van der Waals surface area contributed by atoms with Gasteiger partial charge in [-0.2, -0.15) is 6.92 Å². The van der Waals surface area contributed by atoms with Crippen LogP contribution in [0.3, 0.4) is 0 Å². The van der Waals surface area contributed by atoms with E-state index in [0.29, 0.717) is 0 Å². The van der Waals surface area contributed by atoms with E-state index in [1.165, 1.54) is 25.7 Å². The molecule has 0 unspecified atom stereocenters. The van der Waals surface area contributed by atoms with Crippen molar-refractivity contribution < 1.29 is 18.6 Å². The van der Waals surface area contributed by atoms with Crippen molar-refractivity contribution in [3.63, 3.8) is 0 Å². The van der Waals surface area contributed by atoms with Gasteiger partial charge in [0.15, 0.2) is 0 Å². The quantitative estimate of drug-likeness (QED) is 0.483. The summed E-state index contributed by atoms with van der Waals surface area (Å²) >= 11 is 0. The van der Waals surface area contributed by atoms with E-state index in [0.717, 1.165) is 5.92 Å². The zero-order valence-corrected chi connectivity index (χ0v) is 7.96. The summed E-state index contributed by atoms with van der Waals surface area (Å²) in [5.41, 5.74) is 0. The van der Waals surface area contributed by atoms with Gasteiger partial charge in [0.2, 0.25) is 0 Å². The van der Waals surface area contributed by atoms with Crippen LogP contribution < -0.4 is 0 Å². The molecule has 0 N–H and O–H groups in total. The van der Waals surface area contributed by atoms with Crippen molar-refractivity contribution in [2.45, 2.75) is 39.5 Å². The van der Waals surface area contributed by atoms with Gasteiger partial charge in [-0.1, -0.05) is 32.6 Å². The smallest absolute Gasteiger partial charge is 0 e.